The number of aliphatic carboxylic acids is 1. The molecule has 0 saturated heterocycles. The van der Waals surface area contributed by atoms with Gasteiger partial charge in [0.2, 0.25) is 0 Å². The summed E-state index contributed by atoms with van der Waals surface area (Å²) >= 11 is 0.920. The fourth-order valence-electron chi connectivity index (χ4n) is 3.58. The fraction of sp³-hybridized carbons (Fsp3) is 0.0370. The van der Waals surface area contributed by atoms with Gasteiger partial charge in [-0.05, 0) is 52.9 Å². The first kappa shape index (κ1) is 21.7. The summed E-state index contributed by atoms with van der Waals surface area (Å²) < 4.78 is 25.8. The molecule has 1 N–H and O–H groups in total. The maximum atomic E-state index is 14.1. The molecular weight excluding hydrogens is 453 g/mol. The summed E-state index contributed by atoms with van der Waals surface area (Å²) in [4.78, 5) is 16.5. The summed E-state index contributed by atoms with van der Waals surface area (Å²) in [7, 11) is 0. The first-order valence-electron chi connectivity index (χ1n) is 10.4. The van der Waals surface area contributed by atoms with Gasteiger partial charge in [0.25, 0.3) is 5.22 Å². The third kappa shape index (κ3) is 4.51. The Bertz CT molecular complexity index is 1510. The molecule has 0 spiro atoms. The van der Waals surface area contributed by atoms with E-state index >= 15 is 0 Å². The molecule has 0 aliphatic carbocycles. The molecule has 0 unspecified atom stereocenters. The Labute approximate surface area is 198 Å². The summed E-state index contributed by atoms with van der Waals surface area (Å²) in [5, 5.41) is 11.9. The summed E-state index contributed by atoms with van der Waals surface area (Å²) in [6.45, 7) is 0.00648. The van der Waals surface area contributed by atoms with Crippen LogP contribution in [0.15, 0.2) is 99.5 Å². The number of ether oxygens (including phenoxy) is 1. The number of carbonyl (C=O) groups is 1. The van der Waals surface area contributed by atoms with Gasteiger partial charge < -0.3 is 14.3 Å². The van der Waals surface area contributed by atoms with Gasteiger partial charge in [0.1, 0.15) is 28.6 Å². The lowest BCUT2D eigenvalue weighted by atomic mass is 10.0. The van der Waals surface area contributed by atoms with Gasteiger partial charge in [0, 0.05) is 11.1 Å². The molecule has 7 heteroatoms. The molecule has 5 nitrogen and oxygen atoms in total. The Morgan fingerprint density at radius 1 is 1.00 bits per heavy atom. The minimum absolute atomic E-state index is 0.00648. The molecule has 5 aromatic rings. The molecule has 0 atom stereocenters. The molecule has 4 aromatic carbocycles. The Hall–Kier alpha value is -4.10. The van der Waals surface area contributed by atoms with E-state index in [0.717, 1.165) is 22.5 Å². The van der Waals surface area contributed by atoms with Gasteiger partial charge in [-0.2, -0.15) is 0 Å². The minimum Gasteiger partial charge on any atom is -0.488 e. The normalized spacial score (nSPS) is 11.7. The van der Waals surface area contributed by atoms with Gasteiger partial charge in [-0.15, -0.1) is 0 Å². The van der Waals surface area contributed by atoms with Gasteiger partial charge in [0.05, 0.1) is 0 Å². The molecule has 0 bridgehead atoms. The van der Waals surface area contributed by atoms with Crippen LogP contribution >= 0.6 is 11.8 Å². The smallest absolute Gasteiger partial charge is 0.342 e. The molecular formula is C27H18FNO4S. The van der Waals surface area contributed by atoms with Crippen LogP contribution in [0.25, 0.3) is 27.9 Å². The predicted octanol–water partition coefficient (Wildman–Crippen LogP) is 6.92. The number of hydrogen-bond donors (Lipinski definition) is 1. The van der Waals surface area contributed by atoms with E-state index in [1.165, 1.54) is 6.07 Å². The van der Waals surface area contributed by atoms with E-state index in [2.05, 4.69) is 4.98 Å². The van der Waals surface area contributed by atoms with E-state index in [4.69, 9.17) is 9.15 Å². The van der Waals surface area contributed by atoms with Crippen LogP contribution in [0.1, 0.15) is 11.1 Å². The van der Waals surface area contributed by atoms with Crippen molar-refractivity contribution in [2.75, 3.05) is 0 Å². The molecule has 1 heterocycles. The SMILES string of the molecule is O=C(O)/C(=C/c1c(OCc2ccccc2F)ccc2ccccc12)Sc1nc2ccccc2o1. The van der Waals surface area contributed by atoms with Gasteiger partial charge >= 0.3 is 5.97 Å². The quantitative estimate of drug-likeness (QED) is 0.205. The number of aromatic nitrogens is 1. The van der Waals surface area contributed by atoms with E-state index < -0.39 is 5.97 Å². The number of carboxylic acid groups (broad SMARTS) is 1. The van der Waals surface area contributed by atoms with Gasteiger partial charge in [-0.25, -0.2) is 14.2 Å². The maximum absolute atomic E-state index is 14.1. The van der Waals surface area contributed by atoms with E-state index in [1.807, 2.05) is 42.5 Å². The van der Waals surface area contributed by atoms with Crippen LogP contribution in [0, 0.1) is 5.82 Å². The maximum Gasteiger partial charge on any atom is 0.342 e. The molecule has 0 saturated carbocycles. The molecule has 0 aliphatic heterocycles. The van der Waals surface area contributed by atoms with Crippen molar-refractivity contribution in [1.82, 2.24) is 4.98 Å². The zero-order valence-electron chi connectivity index (χ0n) is 17.8. The Balaban J connectivity index is 1.55. The number of halogens is 1. The van der Waals surface area contributed by atoms with Gasteiger partial charge in [-0.3, -0.25) is 0 Å². The van der Waals surface area contributed by atoms with Crippen LogP contribution in [0.2, 0.25) is 0 Å². The second kappa shape index (κ2) is 9.41. The van der Waals surface area contributed by atoms with E-state index in [-0.39, 0.29) is 22.6 Å². The van der Waals surface area contributed by atoms with E-state index in [0.29, 0.717) is 28.0 Å². The molecule has 168 valence electrons. The van der Waals surface area contributed by atoms with Crippen molar-refractivity contribution in [1.29, 1.82) is 0 Å². The number of carboxylic acids is 1. The van der Waals surface area contributed by atoms with Crippen molar-refractivity contribution in [3.63, 3.8) is 0 Å². The summed E-state index contributed by atoms with van der Waals surface area (Å²) in [5.74, 6) is -1.04. The van der Waals surface area contributed by atoms with Crippen LogP contribution in [-0.4, -0.2) is 16.1 Å². The Kier molecular flexibility index (Phi) is 6.01. The number of fused-ring (bicyclic) bond motifs is 2. The molecule has 5 rings (SSSR count). The minimum atomic E-state index is -1.12. The standard InChI is InChI=1S/C27H18FNO4S/c28-21-10-4-2-8-18(21)16-32-23-14-13-17-7-1-3-9-19(17)20(23)15-25(26(30)31)34-27-29-22-11-5-6-12-24(22)33-27/h1-15H,16H2,(H,30,31)/b25-15-. The zero-order chi connectivity index (χ0) is 23.5. The monoisotopic (exact) mass is 471 g/mol. The average Bonchev–Trinajstić information content (AvgIpc) is 3.26. The van der Waals surface area contributed by atoms with Crippen molar-refractivity contribution in [2.45, 2.75) is 11.8 Å². The van der Waals surface area contributed by atoms with Crippen LogP contribution in [-0.2, 0) is 11.4 Å². The number of thioether (sulfide) groups is 1. The molecule has 34 heavy (non-hydrogen) atoms. The lowest BCUT2D eigenvalue weighted by Gasteiger charge is -2.13. The highest BCUT2D eigenvalue weighted by Gasteiger charge is 2.17. The van der Waals surface area contributed by atoms with Crippen LogP contribution in [0.3, 0.4) is 0 Å². The number of hydrogen-bond acceptors (Lipinski definition) is 5. The molecule has 0 amide bonds. The van der Waals surface area contributed by atoms with Crippen molar-refractivity contribution < 1.29 is 23.4 Å². The zero-order valence-corrected chi connectivity index (χ0v) is 18.6. The second-order valence-electron chi connectivity index (χ2n) is 7.44. The highest BCUT2D eigenvalue weighted by molar-refractivity contribution is 8.03. The summed E-state index contributed by atoms with van der Waals surface area (Å²) in [5.41, 5.74) is 2.21. The molecule has 1 aromatic heterocycles. The van der Waals surface area contributed by atoms with E-state index in [1.54, 1.807) is 42.5 Å². The Morgan fingerprint density at radius 2 is 1.76 bits per heavy atom. The lowest BCUT2D eigenvalue weighted by molar-refractivity contribution is -0.131. The third-order valence-electron chi connectivity index (χ3n) is 5.23. The first-order valence-corrected chi connectivity index (χ1v) is 11.3. The summed E-state index contributed by atoms with van der Waals surface area (Å²) in [6, 6.07) is 24.9. The number of oxazole rings is 1. The fourth-order valence-corrected chi connectivity index (χ4v) is 4.30. The number of nitrogens with zero attached hydrogens (tertiary/aromatic N) is 1. The highest BCUT2D eigenvalue weighted by Crippen LogP contribution is 2.35. The van der Waals surface area contributed by atoms with Crippen molar-refractivity contribution in [2.24, 2.45) is 0 Å². The lowest BCUT2D eigenvalue weighted by Crippen LogP contribution is -2.01. The average molecular weight is 472 g/mol. The predicted molar refractivity (Wildman–Crippen MR) is 130 cm³/mol. The topological polar surface area (TPSA) is 72.6 Å². The van der Waals surface area contributed by atoms with Crippen LogP contribution in [0.5, 0.6) is 5.75 Å². The first-order chi connectivity index (χ1) is 16.6. The molecule has 0 fully saturated rings. The van der Waals surface area contributed by atoms with Crippen molar-refractivity contribution in [3.05, 3.63) is 107 Å². The number of rotatable bonds is 7. The van der Waals surface area contributed by atoms with Crippen molar-refractivity contribution in [3.8, 4) is 5.75 Å². The number of para-hydroxylation sites is 2. The van der Waals surface area contributed by atoms with E-state index in [9.17, 15) is 14.3 Å². The Morgan fingerprint density at radius 3 is 2.59 bits per heavy atom. The molecule has 0 radical (unpaired) electrons. The van der Waals surface area contributed by atoms with Crippen molar-refractivity contribution >= 4 is 45.7 Å². The van der Waals surface area contributed by atoms with Crippen LogP contribution < -0.4 is 4.74 Å². The highest BCUT2D eigenvalue weighted by atomic mass is 32.2. The largest absolute Gasteiger partial charge is 0.488 e. The van der Waals surface area contributed by atoms with Gasteiger partial charge in [-0.1, -0.05) is 60.7 Å². The third-order valence-corrected chi connectivity index (χ3v) is 6.09. The number of benzene rings is 4. The molecule has 0 aliphatic rings. The second-order valence-corrected chi connectivity index (χ2v) is 8.44. The van der Waals surface area contributed by atoms with Gasteiger partial charge in [0.15, 0.2) is 5.58 Å². The summed E-state index contributed by atoms with van der Waals surface area (Å²) in [6.07, 6.45) is 1.54. The van der Waals surface area contributed by atoms with Crippen LogP contribution in [0.4, 0.5) is 4.39 Å².